The first-order chi connectivity index (χ1) is 5.11. The smallest absolute Gasteiger partial charge is 0.0322 e. The lowest BCUT2D eigenvalue weighted by atomic mass is 10.0. The summed E-state index contributed by atoms with van der Waals surface area (Å²) in [5, 5.41) is 3.30. The standard InChI is InChI=1S/C9H20N2/c1-5-9(7(2)3)11-8(4)6-10/h7,9,11H,4-6,10H2,1-3H3. The molecule has 0 rings (SSSR count). The van der Waals surface area contributed by atoms with Gasteiger partial charge in [-0.15, -0.1) is 0 Å². The predicted molar refractivity (Wildman–Crippen MR) is 50.2 cm³/mol. The topological polar surface area (TPSA) is 38.0 Å². The van der Waals surface area contributed by atoms with Crippen LogP contribution in [0.2, 0.25) is 0 Å². The first-order valence-corrected chi connectivity index (χ1v) is 4.26. The Morgan fingerprint density at radius 3 is 2.36 bits per heavy atom. The third-order valence-electron chi connectivity index (χ3n) is 1.88. The molecule has 0 aromatic carbocycles. The third-order valence-corrected chi connectivity index (χ3v) is 1.88. The van der Waals surface area contributed by atoms with E-state index in [1.54, 1.807) is 0 Å². The van der Waals surface area contributed by atoms with E-state index < -0.39 is 0 Å². The molecule has 1 atom stereocenters. The quantitative estimate of drug-likeness (QED) is 0.633. The van der Waals surface area contributed by atoms with Crippen molar-refractivity contribution in [3.8, 4) is 0 Å². The van der Waals surface area contributed by atoms with Gasteiger partial charge in [-0.25, -0.2) is 0 Å². The number of rotatable bonds is 5. The van der Waals surface area contributed by atoms with Crippen LogP contribution < -0.4 is 11.1 Å². The lowest BCUT2D eigenvalue weighted by Crippen LogP contribution is -2.34. The van der Waals surface area contributed by atoms with E-state index in [1.165, 1.54) is 0 Å². The van der Waals surface area contributed by atoms with Crippen molar-refractivity contribution in [2.45, 2.75) is 33.2 Å². The van der Waals surface area contributed by atoms with Crippen LogP contribution in [0.1, 0.15) is 27.2 Å². The summed E-state index contributed by atoms with van der Waals surface area (Å²) >= 11 is 0. The lowest BCUT2D eigenvalue weighted by molar-refractivity contribution is 0.417. The van der Waals surface area contributed by atoms with E-state index in [0.29, 0.717) is 18.5 Å². The molecule has 0 aliphatic heterocycles. The molecule has 0 amide bonds. The molecule has 0 aromatic rings. The van der Waals surface area contributed by atoms with Crippen LogP contribution in [0.4, 0.5) is 0 Å². The molecule has 0 fully saturated rings. The third kappa shape index (κ3) is 4.04. The van der Waals surface area contributed by atoms with Crippen LogP contribution in [-0.4, -0.2) is 12.6 Å². The summed E-state index contributed by atoms with van der Waals surface area (Å²) in [5.41, 5.74) is 6.35. The second kappa shape index (κ2) is 5.19. The average molecular weight is 156 g/mol. The fraction of sp³-hybridized carbons (Fsp3) is 0.778. The molecule has 0 saturated carbocycles. The van der Waals surface area contributed by atoms with Gasteiger partial charge in [-0.05, 0) is 12.3 Å². The van der Waals surface area contributed by atoms with Crippen LogP contribution >= 0.6 is 0 Å². The van der Waals surface area contributed by atoms with E-state index in [-0.39, 0.29) is 0 Å². The van der Waals surface area contributed by atoms with E-state index >= 15 is 0 Å². The molecule has 2 nitrogen and oxygen atoms in total. The summed E-state index contributed by atoms with van der Waals surface area (Å²) in [6.07, 6.45) is 1.12. The van der Waals surface area contributed by atoms with Gasteiger partial charge < -0.3 is 11.1 Å². The maximum absolute atomic E-state index is 5.41. The van der Waals surface area contributed by atoms with Crippen molar-refractivity contribution >= 4 is 0 Å². The maximum atomic E-state index is 5.41. The molecule has 3 N–H and O–H groups in total. The van der Waals surface area contributed by atoms with Gasteiger partial charge in [-0.2, -0.15) is 0 Å². The Hall–Kier alpha value is -0.500. The van der Waals surface area contributed by atoms with Gasteiger partial charge in [0.05, 0.1) is 0 Å². The number of hydrogen-bond acceptors (Lipinski definition) is 2. The Balaban J connectivity index is 3.78. The van der Waals surface area contributed by atoms with E-state index in [9.17, 15) is 0 Å². The summed E-state index contributed by atoms with van der Waals surface area (Å²) in [7, 11) is 0. The molecule has 2 heteroatoms. The number of hydrogen-bond donors (Lipinski definition) is 2. The van der Waals surface area contributed by atoms with Crippen molar-refractivity contribution in [1.29, 1.82) is 0 Å². The highest BCUT2D eigenvalue weighted by atomic mass is 14.9. The molecular formula is C9H20N2. The minimum atomic E-state index is 0.519. The van der Waals surface area contributed by atoms with Gasteiger partial charge in [0.2, 0.25) is 0 Å². The van der Waals surface area contributed by atoms with Crippen LogP contribution in [0.3, 0.4) is 0 Å². The molecule has 1 unspecified atom stereocenters. The van der Waals surface area contributed by atoms with Crippen molar-refractivity contribution in [3.63, 3.8) is 0 Å². The van der Waals surface area contributed by atoms with E-state index in [2.05, 4.69) is 32.7 Å². The van der Waals surface area contributed by atoms with Crippen molar-refractivity contribution in [1.82, 2.24) is 5.32 Å². The Morgan fingerprint density at radius 1 is 1.55 bits per heavy atom. The average Bonchev–Trinajstić information content (AvgIpc) is 1.99. The van der Waals surface area contributed by atoms with Gasteiger partial charge >= 0.3 is 0 Å². The Labute approximate surface area is 69.9 Å². The second-order valence-electron chi connectivity index (χ2n) is 3.21. The van der Waals surface area contributed by atoms with Crippen molar-refractivity contribution in [3.05, 3.63) is 12.3 Å². The normalized spacial score (nSPS) is 13.2. The summed E-state index contributed by atoms with van der Waals surface area (Å²) < 4.78 is 0. The number of nitrogens with one attached hydrogen (secondary N) is 1. The summed E-state index contributed by atoms with van der Waals surface area (Å²) in [6.45, 7) is 10.9. The molecule has 0 saturated heterocycles. The molecule has 0 radical (unpaired) electrons. The fourth-order valence-electron chi connectivity index (χ4n) is 1.06. The van der Waals surface area contributed by atoms with E-state index in [0.717, 1.165) is 12.1 Å². The Bertz CT molecular complexity index is 119. The fourth-order valence-corrected chi connectivity index (χ4v) is 1.06. The first-order valence-electron chi connectivity index (χ1n) is 4.26. The van der Waals surface area contributed by atoms with E-state index in [4.69, 9.17) is 5.73 Å². The lowest BCUT2D eigenvalue weighted by Gasteiger charge is -2.22. The van der Waals surface area contributed by atoms with Crippen LogP contribution in [0, 0.1) is 5.92 Å². The maximum Gasteiger partial charge on any atom is 0.0322 e. The van der Waals surface area contributed by atoms with Gasteiger partial charge in [-0.1, -0.05) is 27.4 Å². The molecule has 0 spiro atoms. The van der Waals surface area contributed by atoms with Crippen molar-refractivity contribution in [2.75, 3.05) is 6.54 Å². The Morgan fingerprint density at radius 2 is 2.09 bits per heavy atom. The van der Waals surface area contributed by atoms with Gasteiger partial charge in [0.1, 0.15) is 0 Å². The van der Waals surface area contributed by atoms with Crippen molar-refractivity contribution in [2.24, 2.45) is 11.7 Å². The minimum Gasteiger partial charge on any atom is -0.385 e. The Kier molecular flexibility index (Phi) is 4.95. The molecule has 66 valence electrons. The predicted octanol–water partition coefficient (Wildman–Crippen LogP) is 1.48. The molecule has 0 aromatic heterocycles. The van der Waals surface area contributed by atoms with Crippen LogP contribution in [0.5, 0.6) is 0 Å². The molecule has 0 bridgehead atoms. The number of nitrogens with two attached hydrogens (primary N) is 1. The minimum absolute atomic E-state index is 0.519. The monoisotopic (exact) mass is 156 g/mol. The van der Waals surface area contributed by atoms with Crippen LogP contribution in [0.25, 0.3) is 0 Å². The summed E-state index contributed by atoms with van der Waals surface area (Å²) in [6, 6.07) is 0.519. The zero-order chi connectivity index (χ0) is 8.85. The largest absolute Gasteiger partial charge is 0.385 e. The molecule has 0 aliphatic carbocycles. The van der Waals surface area contributed by atoms with Crippen LogP contribution in [-0.2, 0) is 0 Å². The van der Waals surface area contributed by atoms with E-state index in [1.807, 2.05) is 0 Å². The van der Waals surface area contributed by atoms with Gasteiger partial charge in [0, 0.05) is 18.3 Å². The SMILES string of the molecule is C=C(CN)NC(CC)C(C)C. The van der Waals surface area contributed by atoms with Gasteiger partial charge in [-0.3, -0.25) is 0 Å². The summed E-state index contributed by atoms with van der Waals surface area (Å²) in [4.78, 5) is 0. The van der Waals surface area contributed by atoms with Crippen molar-refractivity contribution < 1.29 is 0 Å². The molecule has 11 heavy (non-hydrogen) atoms. The highest BCUT2D eigenvalue weighted by Gasteiger charge is 2.09. The zero-order valence-corrected chi connectivity index (χ0v) is 7.85. The summed E-state index contributed by atoms with van der Waals surface area (Å²) in [5.74, 6) is 0.642. The van der Waals surface area contributed by atoms with Gasteiger partial charge in [0.15, 0.2) is 0 Å². The van der Waals surface area contributed by atoms with Gasteiger partial charge in [0.25, 0.3) is 0 Å². The van der Waals surface area contributed by atoms with Crippen LogP contribution in [0.15, 0.2) is 12.3 Å². The molecule has 0 aliphatic rings. The highest BCUT2D eigenvalue weighted by molar-refractivity contribution is 4.95. The molecular weight excluding hydrogens is 136 g/mol. The molecule has 0 heterocycles. The first kappa shape index (κ1) is 10.5. The second-order valence-corrected chi connectivity index (χ2v) is 3.21. The highest BCUT2D eigenvalue weighted by Crippen LogP contribution is 2.06. The zero-order valence-electron chi connectivity index (χ0n) is 7.85.